The molecule has 1 amide bonds. The Morgan fingerprint density at radius 3 is 2.61 bits per heavy atom. The van der Waals surface area contributed by atoms with Gasteiger partial charge >= 0.3 is 0 Å². The van der Waals surface area contributed by atoms with Crippen molar-refractivity contribution in [2.75, 3.05) is 6.54 Å². The largest absolute Gasteiger partial charge is 0.451 e. The normalized spacial score (nSPS) is 10.7. The van der Waals surface area contributed by atoms with E-state index in [0.29, 0.717) is 29.0 Å². The molecule has 23 heavy (non-hydrogen) atoms. The summed E-state index contributed by atoms with van der Waals surface area (Å²) >= 11 is 5.83. The number of halogens is 1. The van der Waals surface area contributed by atoms with E-state index in [9.17, 15) is 9.59 Å². The lowest BCUT2D eigenvalue weighted by Gasteiger charge is -2.06. The Morgan fingerprint density at radius 1 is 1.09 bits per heavy atom. The quantitative estimate of drug-likeness (QED) is 0.798. The van der Waals surface area contributed by atoms with Gasteiger partial charge in [0.15, 0.2) is 11.2 Å². The summed E-state index contributed by atoms with van der Waals surface area (Å²) in [6.45, 7) is 0.441. The van der Waals surface area contributed by atoms with Gasteiger partial charge in [0.2, 0.25) is 0 Å². The number of carbonyl (C=O) groups excluding carboxylic acids is 1. The first kappa shape index (κ1) is 15.3. The zero-order valence-electron chi connectivity index (χ0n) is 12.2. The van der Waals surface area contributed by atoms with Gasteiger partial charge in [0, 0.05) is 17.6 Å². The summed E-state index contributed by atoms with van der Waals surface area (Å²) in [5.41, 5.74) is 1.24. The van der Waals surface area contributed by atoms with E-state index in [4.69, 9.17) is 16.0 Å². The molecule has 0 aliphatic rings. The van der Waals surface area contributed by atoms with Crippen LogP contribution in [-0.4, -0.2) is 12.5 Å². The van der Waals surface area contributed by atoms with Gasteiger partial charge in [0.1, 0.15) is 5.58 Å². The fourth-order valence-corrected chi connectivity index (χ4v) is 2.40. The monoisotopic (exact) mass is 327 g/mol. The van der Waals surface area contributed by atoms with Crippen molar-refractivity contribution in [2.45, 2.75) is 6.42 Å². The SMILES string of the molecule is O=C(NCCc1ccc(Cl)cc1)c1cc(=O)c2ccccc2o1. The predicted molar refractivity (Wildman–Crippen MR) is 90.0 cm³/mol. The highest BCUT2D eigenvalue weighted by Gasteiger charge is 2.11. The van der Waals surface area contributed by atoms with Crippen LogP contribution in [0, 0.1) is 0 Å². The average molecular weight is 328 g/mol. The van der Waals surface area contributed by atoms with E-state index < -0.39 is 5.91 Å². The smallest absolute Gasteiger partial charge is 0.287 e. The number of rotatable bonds is 4. The van der Waals surface area contributed by atoms with Crippen molar-refractivity contribution in [1.82, 2.24) is 5.32 Å². The van der Waals surface area contributed by atoms with E-state index in [-0.39, 0.29) is 11.2 Å². The summed E-state index contributed by atoms with van der Waals surface area (Å²) in [6.07, 6.45) is 0.667. The molecule has 0 aliphatic carbocycles. The van der Waals surface area contributed by atoms with Crippen molar-refractivity contribution in [2.24, 2.45) is 0 Å². The van der Waals surface area contributed by atoms with E-state index in [2.05, 4.69) is 5.32 Å². The van der Waals surface area contributed by atoms with Crippen LogP contribution in [-0.2, 0) is 6.42 Å². The standard InChI is InChI=1S/C18H14ClNO3/c19-13-7-5-12(6-8-13)9-10-20-18(22)17-11-15(21)14-3-1-2-4-16(14)23-17/h1-8,11H,9-10H2,(H,20,22). The lowest BCUT2D eigenvalue weighted by Crippen LogP contribution is -2.26. The van der Waals surface area contributed by atoms with E-state index in [1.165, 1.54) is 6.07 Å². The number of hydrogen-bond acceptors (Lipinski definition) is 3. The molecule has 0 atom stereocenters. The highest BCUT2D eigenvalue weighted by Crippen LogP contribution is 2.12. The van der Waals surface area contributed by atoms with Crippen molar-refractivity contribution in [3.05, 3.63) is 81.2 Å². The third-order valence-electron chi connectivity index (χ3n) is 3.47. The van der Waals surface area contributed by atoms with Crippen LogP contribution in [0.3, 0.4) is 0 Å². The molecule has 3 aromatic rings. The van der Waals surface area contributed by atoms with Gasteiger partial charge in [-0.25, -0.2) is 0 Å². The second-order valence-electron chi connectivity index (χ2n) is 5.10. The molecule has 0 saturated carbocycles. The molecule has 3 rings (SSSR count). The summed E-state index contributed by atoms with van der Waals surface area (Å²) in [7, 11) is 0. The maximum absolute atomic E-state index is 12.1. The molecule has 0 radical (unpaired) electrons. The Hall–Kier alpha value is -2.59. The minimum Gasteiger partial charge on any atom is -0.451 e. The summed E-state index contributed by atoms with van der Waals surface area (Å²) in [4.78, 5) is 24.1. The molecule has 1 N–H and O–H groups in total. The molecule has 0 saturated heterocycles. The molecule has 1 aromatic heterocycles. The second-order valence-corrected chi connectivity index (χ2v) is 5.54. The van der Waals surface area contributed by atoms with E-state index in [1.807, 2.05) is 12.1 Å². The number of benzene rings is 2. The maximum atomic E-state index is 12.1. The van der Waals surface area contributed by atoms with Crippen molar-refractivity contribution in [3.8, 4) is 0 Å². The van der Waals surface area contributed by atoms with Gasteiger partial charge in [0.25, 0.3) is 5.91 Å². The molecule has 0 spiro atoms. The van der Waals surface area contributed by atoms with E-state index in [1.54, 1.807) is 36.4 Å². The van der Waals surface area contributed by atoms with Crippen molar-refractivity contribution < 1.29 is 9.21 Å². The van der Waals surface area contributed by atoms with Gasteiger partial charge in [-0.15, -0.1) is 0 Å². The number of carbonyl (C=O) groups is 1. The molecule has 116 valence electrons. The third kappa shape index (κ3) is 3.60. The third-order valence-corrected chi connectivity index (χ3v) is 3.72. The van der Waals surface area contributed by atoms with Gasteiger partial charge in [-0.2, -0.15) is 0 Å². The predicted octanol–water partition coefficient (Wildman–Crippen LogP) is 3.42. The molecular formula is C18H14ClNO3. The van der Waals surface area contributed by atoms with Gasteiger partial charge in [-0.1, -0.05) is 35.9 Å². The number of nitrogens with one attached hydrogen (secondary N) is 1. The molecule has 0 aliphatic heterocycles. The molecule has 0 bridgehead atoms. The second kappa shape index (κ2) is 6.67. The fourth-order valence-electron chi connectivity index (χ4n) is 2.27. The molecule has 1 heterocycles. The number of fused-ring (bicyclic) bond motifs is 1. The van der Waals surface area contributed by atoms with Crippen molar-refractivity contribution >= 4 is 28.5 Å². The van der Waals surface area contributed by atoms with Crippen LogP contribution in [0.15, 0.2) is 63.8 Å². The van der Waals surface area contributed by atoms with Crippen LogP contribution in [0.25, 0.3) is 11.0 Å². The average Bonchev–Trinajstić information content (AvgIpc) is 2.56. The van der Waals surface area contributed by atoms with Gasteiger partial charge in [0.05, 0.1) is 5.39 Å². The zero-order chi connectivity index (χ0) is 16.2. The van der Waals surface area contributed by atoms with Gasteiger partial charge in [-0.05, 0) is 36.2 Å². The van der Waals surface area contributed by atoms with Gasteiger partial charge < -0.3 is 9.73 Å². The van der Waals surface area contributed by atoms with Crippen LogP contribution >= 0.6 is 11.6 Å². The molecule has 0 unspecified atom stereocenters. The van der Waals surface area contributed by atoms with Gasteiger partial charge in [-0.3, -0.25) is 9.59 Å². The topological polar surface area (TPSA) is 59.3 Å². The summed E-state index contributed by atoms with van der Waals surface area (Å²) in [5.74, 6) is -0.383. The molecular weight excluding hydrogens is 314 g/mol. The fraction of sp³-hybridized carbons (Fsp3) is 0.111. The Kier molecular flexibility index (Phi) is 4.44. The van der Waals surface area contributed by atoms with E-state index >= 15 is 0 Å². The highest BCUT2D eigenvalue weighted by molar-refractivity contribution is 6.30. The molecule has 5 heteroatoms. The van der Waals surface area contributed by atoms with Crippen LogP contribution in [0.1, 0.15) is 16.1 Å². The summed E-state index contributed by atoms with van der Waals surface area (Å²) in [6, 6.07) is 15.5. The Morgan fingerprint density at radius 2 is 1.83 bits per heavy atom. The van der Waals surface area contributed by atoms with Crippen LogP contribution in [0.5, 0.6) is 0 Å². The lowest BCUT2D eigenvalue weighted by molar-refractivity contribution is 0.0927. The Bertz CT molecular complexity index is 900. The highest BCUT2D eigenvalue weighted by atomic mass is 35.5. The molecule has 0 fully saturated rings. The van der Waals surface area contributed by atoms with Crippen molar-refractivity contribution in [3.63, 3.8) is 0 Å². The zero-order valence-corrected chi connectivity index (χ0v) is 13.0. The minimum atomic E-state index is -0.401. The first-order valence-corrected chi connectivity index (χ1v) is 7.57. The minimum absolute atomic E-state index is 0.0183. The molecule has 4 nitrogen and oxygen atoms in total. The first-order chi connectivity index (χ1) is 11.1. The Balaban J connectivity index is 1.68. The molecule has 2 aromatic carbocycles. The Labute approximate surface area is 137 Å². The number of hydrogen-bond donors (Lipinski definition) is 1. The first-order valence-electron chi connectivity index (χ1n) is 7.19. The van der Waals surface area contributed by atoms with Crippen LogP contribution in [0.4, 0.5) is 0 Å². The van der Waals surface area contributed by atoms with Crippen LogP contribution < -0.4 is 10.7 Å². The summed E-state index contributed by atoms with van der Waals surface area (Å²) in [5, 5.41) is 3.89. The maximum Gasteiger partial charge on any atom is 0.287 e. The lowest BCUT2D eigenvalue weighted by atomic mass is 10.1. The van der Waals surface area contributed by atoms with Crippen molar-refractivity contribution in [1.29, 1.82) is 0 Å². The number of amides is 1. The number of para-hydroxylation sites is 1. The summed E-state index contributed by atoms with van der Waals surface area (Å²) < 4.78 is 5.49. The van der Waals surface area contributed by atoms with E-state index in [0.717, 1.165) is 5.56 Å². The van der Waals surface area contributed by atoms with Crippen LogP contribution in [0.2, 0.25) is 5.02 Å².